The molecule has 0 saturated heterocycles. The Kier molecular flexibility index (Phi) is 2.94. The van der Waals surface area contributed by atoms with Crippen LogP contribution in [0.1, 0.15) is 37.5 Å². The van der Waals surface area contributed by atoms with Crippen molar-refractivity contribution in [1.29, 1.82) is 0 Å². The zero-order chi connectivity index (χ0) is 11.8. The van der Waals surface area contributed by atoms with E-state index in [9.17, 15) is 0 Å². The van der Waals surface area contributed by atoms with Gasteiger partial charge in [-0.3, -0.25) is 0 Å². The van der Waals surface area contributed by atoms with Crippen molar-refractivity contribution in [2.75, 3.05) is 13.7 Å². The molecule has 1 N–H and O–H groups in total. The molecule has 0 aliphatic carbocycles. The van der Waals surface area contributed by atoms with Gasteiger partial charge in [-0.25, -0.2) is 0 Å². The first-order valence-electron chi connectivity index (χ1n) is 5.99. The third-order valence-electron chi connectivity index (χ3n) is 3.43. The van der Waals surface area contributed by atoms with Crippen LogP contribution in [0.5, 0.6) is 5.75 Å². The highest BCUT2D eigenvalue weighted by Gasteiger charge is 2.30. The molecule has 0 saturated carbocycles. The van der Waals surface area contributed by atoms with Crippen LogP contribution in [-0.2, 0) is 18.4 Å². The molecule has 2 nitrogen and oxygen atoms in total. The van der Waals surface area contributed by atoms with E-state index in [1.807, 2.05) is 0 Å². The van der Waals surface area contributed by atoms with Crippen LogP contribution in [0.4, 0.5) is 0 Å². The number of hydrogen-bond acceptors (Lipinski definition) is 2. The fourth-order valence-corrected chi connectivity index (χ4v) is 2.61. The molecule has 1 aliphatic heterocycles. The highest BCUT2D eigenvalue weighted by Crippen LogP contribution is 2.37. The van der Waals surface area contributed by atoms with Gasteiger partial charge in [0, 0.05) is 24.1 Å². The van der Waals surface area contributed by atoms with E-state index in [-0.39, 0.29) is 5.41 Å². The molecular weight excluding hydrogens is 198 g/mol. The predicted molar refractivity (Wildman–Crippen MR) is 67.1 cm³/mol. The van der Waals surface area contributed by atoms with Crippen molar-refractivity contribution in [2.45, 2.75) is 39.2 Å². The van der Waals surface area contributed by atoms with E-state index in [0.717, 1.165) is 25.3 Å². The number of nitrogens with one attached hydrogen (secondary N) is 1. The fraction of sp³-hybridized carbons (Fsp3) is 0.571. The molecule has 1 aromatic rings. The molecule has 0 fully saturated rings. The second-order valence-corrected chi connectivity index (χ2v) is 5.17. The first-order chi connectivity index (χ1) is 7.58. The second-order valence-electron chi connectivity index (χ2n) is 5.17. The number of rotatable bonds is 2. The van der Waals surface area contributed by atoms with Crippen LogP contribution in [-0.4, -0.2) is 13.7 Å². The molecule has 0 bridgehead atoms. The van der Waals surface area contributed by atoms with Gasteiger partial charge < -0.3 is 10.1 Å². The van der Waals surface area contributed by atoms with Crippen LogP contribution in [0.15, 0.2) is 12.1 Å². The molecule has 1 aliphatic rings. The van der Waals surface area contributed by atoms with Gasteiger partial charge in [0.2, 0.25) is 0 Å². The highest BCUT2D eigenvalue weighted by molar-refractivity contribution is 5.49. The SMILES string of the molecule is CCc1cc2c(c(OC)c1)C(C)(C)CNC2. The van der Waals surface area contributed by atoms with Crippen molar-refractivity contribution in [1.82, 2.24) is 5.32 Å². The molecule has 0 radical (unpaired) electrons. The monoisotopic (exact) mass is 219 g/mol. The van der Waals surface area contributed by atoms with Crippen molar-refractivity contribution >= 4 is 0 Å². The lowest BCUT2D eigenvalue weighted by Gasteiger charge is -2.34. The summed E-state index contributed by atoms with van der Waals surface area (Å²) in [4.78, 5) is 0. The number of ether oxygens (including phenoxy) is 1. The number of benzene rings is 1. The number of aryl methyl sites for hydroxylation is 1. The Morgan fingerprint density at radius 1 is 1.38 bits per heavy atom. The molecule has 0 unspecified atom stereocenters. The van der Waals surface area contributed by atoms with Crippen molar-refractivity contribution in [2.24, 2.45) is 0 Å². The summed E-state index contributed by atoms with van der Waals surface area (Å²) in [5.41, 5.74) is 4.29. The third kappa shape index (κ3) is 1.82. The average Bonchev–Trinajstić information content (AvgIpc) is 2.26. The van der Waals surface area contributed by atoms with E-state index in [0.29, 0.717) is 0 Å². The second kappa shape index (κ2) is 4.10. The summed E-state index contributed by atoms with van der Waals surface area (Å²) in [6.07, 6.45) is 1.06. The largest absolute Gasteiger partial charge is 0.496 e. The Hall–Kier alpha value is -1.02. The molecule has 1 aromatic carbocycles. The molecule has 0 aromatic heterocycles. The topological polar surface area (TPSA) is 21.3 Å². The standard InChI is InChI=1S/C14H21NO/c1-5-10-6-11-8-15-9-14(2,3)13(11)12(7-10)16-4/h6-7,15H,5,8-9H2,1-4H3. The van der Waals surface area contributed by atoms with Crippen molar-refractivity contribution in [3.8, 4) is 5.75 Å². The van der Waals surface area contributed by atoms with E-state index >= 15 is 0 Å². The lowest BCUT2D eigenvalue weighted by molar-refractivity contribution is 0.370. The van der Waals surface area contributed by atoms with Crippen LogP contribution < -0.4 is 10.1 Å². The van der Waals surface area contributed by atoms with Gasteiger partial charge in [0.25, 0.3) is 0 Å². The van der Waals surface area contributed by atoms with Gasteiger partial charge in [-0.2, -0.15) is 0 Å². The van der Waals surface area contributed by atoms with Gasteiger partial charge in [-0.05, 0) is 23.6 Å². The predicted octanol–water partition coefficient (Wildman–Crippen LogP) is 2.64. The minimum absolute atomic E-state index is 0.158. The van der Waals surface area contributed by atoms with Crippen LogP contribution in [0.25, 0.3) is 0 Å². The Morgan fingerprint density at radius 3 is 2.75 bits per heavy atom. The number of hydrogen-bond donors (Lipinski definition) is 1. The van der Waals surface area contributed by atoms with Crippen molar-refractivity contribution < 1.29 is 4.74 Å². The van der Waals surface area contributed by atoms with E-state index in [1.165, 1.54) is 16.7 Å². The van der Waals surface area contributed by atoms with E-state index in [2.05, 4.69) is 38.2 Å². The quantitative estimate of drug-likeness (QED) is 0.825. The molecular formula is C14H21NO. The molecule has 1 heterocycles. The molecule has 16 heavy (non-hydrogen) atoms. The first-order valence-corrected chi connectivity index (χ1v) is 5.99. The van der Waals surface area contributed by atoms with Crippen LogP contribution in [0.2, 0.25) is 0 Å². The molecule has 0 spiro atoms. The van der Waals surface area contributed by atoms with E-state index < -0.39 is 0 Å². The molecule has 0 amide bonds. The molecule has 0 atom stereocenters. The maximum atomic E-state index is 5.56. The summed E-state index contributed by atoms with van der Waals surface area (Å²) < 4.78 is 5.56. The zero-order valence-electron chi connectivity index (χ0n) is 10.7. The van der Waals surface area contributed by atoms with Gasteiger partial charge in [0.15, 0.2) is 0 Å². The summed E-state index contributed by atoms with van der Waals surface area (Å²) in [5, 5.41) is 3.48. The zero-order valence-corrected chi connectivity index (χ0v) is 10.7. The van der Waals surface area contributed by atoms with Crippen molar-refractivity contribution in [3.63, 3.8) is 0 Å². The summed E-state index contributed by atoms with van der Waals surface area (Å²) in [6.45, 7) is 8.70. The summed E-state index contributed by atoms with van der Waals surface area (Å²) in [6, 6.07) is 4.50. The molecule has 2 heteroatoms. The van der Waals surface area contributed by atoms with Gasteiger partial charge >= 0.3 is 0 Å². The number of methoxy groups -OCH3 is 1. The van der Waals surface area contributed by atoms with Gasteiger partial charge in [0.1, 0.15) is 5.75 Å². The maximum absolute atomic E-state index is 5.56. The molecule has 88 valence electrons. The Balaban J connectivity index is 2.60. The van der Waals surface area contributed by atoms with E-state index in [4.69, 9.17) is 4.74 Å². The normalized spacial score (nSPS) is 18.0. The smallest absolute Gasteiger partial charge is 0.123 e. The Bertz CT molecular complexity index is 379. The summed E-state index contributed by atoms with van der Waals surface area (Å²) in [7, 11) is 1.77. The van der Waals surface area contributed by atoms with Crippen LogP contribution in [0, 0.1) is 0 Å². The van der Waals surface area contributed by atoms with Crippen molar-refractivity contribution in [3.05, 3.63) is 28.8 Å². The Morgan fingerprint density at radius 2 is 2.12 bits per heavy atom. The van der Waals surface area contributed by atoms with Gasteiger partial charge in [0.05, 0.1) is 7.11 Å². The number of fused-ring (bicyclic) bond motifs is 1. The van der Waals surface area contributed by atoms with Crippen LogP contribution in [0.3, 0.4) is 0 Å². The fourth-order valence-electron chi connectivity index (χ4n) is 2.61. The maximum Gasteiger partial charge on any atom is 0.123 e. The van der Waals surface area contributed by atoms with Gasteiger partial charge in [-0.1, -0.05) is 26.8 Å². The highest BCUT2D eigenvalue weighted by atomic mass is 16.5. The van der Waals surface area contributed by atoms with Crippen LogP contribution >= 0.6 is 0 Å². The summed E-state index contributed by atoms with van der Waals surface area (Å²) in [5.74, 6) is 1.06. The first kappa shape index (κ1) is 11.5. The average molecular weight is 219 g/mol. The third-order valence-corrected chi connectivity index (χ3v) is 3.43. The lowest BCUT2D eigenvalue weighted by atomic mass is 9.78. The molecule has 2 rings (SSSR count). The van der Waals surface area contributed by atoms with E-state index in [1.54, 1.807) is 7.11 Å². The minimum atomic E-state index is 0.158. The van der Waals surface area contributed by atoms with Gasteiger partial charge in [-0.15, -0.1) is 0 Å². The summed E-state index contributed by atoms with van der Waals surface area (Å²) >= 11 is 0. The lowest BCUT2D eigenvalue weighted by Crippen LogP contribution is -2.39. The Labute approximate surface area is 98.0 Å². The minimum Gasteiger partial charge on any atom is -0.496 e.